The van der Waals surface area contributed by atoms with Crippen LogP contribution in [0.3, 0.4) is 0 Å². The summed E-state index contributed by atoms with van der Waals surface area (Å²) in [7, 11) is 0. The molecule has 2 aromatic rings. The van der Waals surface area contributed by atoms with Crippen LogP contribution in [0.25, 0.3) is 0 Å². The first-order chi connectivity index (χ1) is 16.9. The zero-order valence-corrected chi connectivity index (χ0v) is 21.1. The molecule has 8 nitrogen and oxygen atoms in total. The number of carbonyl (C=O) groups excluding carboxylic acids is 1. The van der Waals surface area contributed by atoms with Crippen LogP contribution in [0.2, 0.25) is 5.02 Å². The third-order valence-corrected chi connectivity index (χ3v) is 7.44. The fourth-order valence-electron chi connectivity index (χ4n) is 5.02. The molecule has 0 bridgehead atoms. The first kappa shape index (κ1) is 25.1. The van der Waals surface area contributed by atoms with Gasteiger partial charge in [0.05, 0.1) is 22.5 Å². The van der Waals surface area contributed by atoms with E-state index in [1.807, 2.05) is 36.1 Å². The molecule has 186 valence electrons. The normalized spacial score (nSPS) is 21.1. The van der Waals surface area contributed by atoms with E-state index in [4.69, 9.17) is 22.0 Å². The molecule has 1 aromatic heterocycles. The Morgan fingerprint density at radius 3 is 2.60 bits per heavy atom. The quantitative estimate of drug-likeness (QED) is 0.639. The number of benzene rings is 1. The summed E-state index contributed by atoms with van der Waals surface area (Å²) in [4.78, 5) is 24.0. The topological polar surface area (TPSA) is 95.7 Å². The number of carbonyl (C=O) groups is 1. The molecule has 0 aliphatic carbocycles. The van der Waals surface area contributed by atoms with Crippen LogP contribution in [-0.4, -0.2) is 65.9 Å². The molecule has 3 heterocycles. The van der Waals surface area contributed by atoms with E-state index in [2.05, 4.69) is 33.1 Å². The summed E-state index contributed by atoms with van der Waals surface area (Å²) in [5, 5.41) is 21.7. The molecule has 4 rings (SSSR count). The van der Waals surface area contributed by atoms with Gasteiger partial charge in [0.25, 0.3) is 0 Å². The van der Waals surface area contributed by atoms with Gasteiger partial charge in [0.1, 0.15) is 11.9 Å². The van der Waals surface area contributed by atoms with Crippen LogP contribution in [0.1, 0.15) is 38.7 Å². The molecule has 2 aliphatic heterocycles. The molecule has 0 radical (unpaired) electrons. The molecule has 2 amide bonds. The van der Waals surface area contributed by atoms with Crippen molar-refractivity contribution < 1.29 is 9.90 Å². The highest BCUT2D eigenvalue weighted by Gasteiger charge is 2.32. The number of piperidine rings is 1. The number of halogens is 1. The number of hydrogen-bond acceptors (Lipinski definition) is 6. The smallest absolute Gasteiger partial charge is 0.322 e. The molecule has 35 heavy (non-hydrogen) atoms. The number of piperazine rings is 1. The summed E-state index contributed by atoms with van der Waals surface area (Å²) in [6.45, 7) is 7.48. The molecule has 0 spiro atoms. The molecule has 9 heteroatoms. The molecule has 2 aliphatic rings. The van der Waals surface area contributed by atoms with Crippen LogP contribution in [0.15, 0.2) is 36.5 Å². The summed E-state index contributed by atoms with van der Waals surface area (Å²) in [6.07, 6.45) is 4.73. The fourth-order valence-corrected chi connectivity index (χ4v) is 5.24. The second-order valence-electron chi connectivity index (χ2n) is 9.56. The second-order valence-corrected chi connectivity index (χ2v) is 9.96. The van der Waals surface area contributed by atoms with Gasteiger partial charge in [-0.3, -0.25) is 0 Å². The van der Waals surface area contributed by atoms with Gasteiger partial charge in [-0.15, -0.1) is 0 Å². The van der Waals surface area contributed by atoms with Crippen molar-refractivity contribution in [3.8, 4) is 6.07 Å². The number of amides is 2. The van der Waals surface area contributed by atoms with Gasteiger partial charge in [0.15, 0.2) is 0 Å². The minimum Gasteiger partial charge on any atom is -0.396 e. The Balaban J connectivity index is 1.34. The monoisotopic (exact) mass is 496 g/mol. The lowest BCUT2D eigenvalue weighted by Gasteiger charge is -2.45. The molecular weight excluding hydrogens is 464 g/mol. The predicted octanol–water partition coefficient (Wildman–Crippen LogP) is 4.34. The van der Waals surface area contributed by atoms with Crippen molar-refractivity contribution in [2.75, 3.05) is 47.9 Å². The van der Waals surface area contributed by atoms with Crippen molar-refractivity contribution in [1.82, 2.24) is 9.88 Å². The highest BCUT2D eigenvalue weighted by atomic mass is 35.5. The maximum Gasteiger partial charge on any atom is 0.322 e. The van der Waals surface area contributed by atoms with Gasteiger partial charge in [-0.05, 0) is 69.4 Å². The van der Waals surface area contributed by atoms with Gasteiger partial charge in [-0.1, -0.05) is 11.6 Å². The number of nitrogens with one attached hydrogen (secondary N) is 1. The van der Waals surface area contributed by atoms with Crippen LogP contribution in [0.4, 0.5) is 22.0 Å². The maximum atomic E-state index is 13.1. The number of pyridine rings is 1. The van der Waals surface area contributed by atoms with E-state index >= 15 is 0 Å². The lowest BCUT2D eigenvalue weighted by molar-refractivity contribution is 0.173. The molecular formula is C26H33ClN6O2. The number of nitrogens with zero attached hydrogens (tertiary/aromatic N) is 5. The van der Waals surface area contributed by atoms with Gasteiger partial charge < -0.3 is 25.1 Å². The summed E-state index contributed by atoms with van der Waals surface area (Å²) in [5.41, 5.74) is 2.09. The summed E-state index contributed by atoms with van der Waals surface area (Å²) in [6, 6.07) is 11.4. The number of anilines is 3. The molecule has 1 aromatic carbocycles. The van der Waals surface area contributed by atoms with Crippen LogP contribution in [0.5, 0.6) is 0 Å². The average molecular weight is 497 g/mol. The highest BCUT2D eigenvalue weighted by Crippen LogP contribution is 2.29. The Morgan fingerprint density at radius 2 is 1.97 bits per heavy atom. The Labute approximate surface area is 212 Å². The Hall–Kier alpha value is -3.02. The van der Waals surface area contributed by atoms with Crippen molar-refractivity contribution in [3.05, 3.63) is 47.1 Å². The van der Waals surface area contributed by atoms with Gasteiger partial charge >= 0.3 is 6.03 Å². The van der Waals surface area contributed by atoms with Crippen LogP contribution >= 0.6 is 11.6 Å². The minimum atomic E-state index is -0.138. The van der Waals surface area contributed by atoms with Crippen LogP contribution in [-0.2, 0) is 0 Å². The van der Waals surface area contributed by atoms with Crippen molar-refractivity contribution in [3.63, 3.8) is 0 Å². The maximum absolute atomic E-state index is 13.1. The Morgan fingerprint density at radius 1 is 1.20 bits per heavy atom. The zero-order chi connectivity index (χ0) is 24.9. The average Bonchev–Trinajstić information content (AvgIpc) is 2.86. The number of rotatable bonds is 5. The highest BCUT2D eigenvalue weighted by molar-refractivity contribution is 6.32. The van der Waals surface area contributed by atoms with E-state index in [0.717, 1.165) is 43.9 Å². The summed E-state index contributed by atoms with van der Waals surface area (Å²) >= 11 is 6.24. The standard InChI is InChI=1S/C26H33ClN6O2/c1-18-17-33(19(2)16-32(18)23-5-3-21(14-28)24(27)13-23)26(35)30-22-4-6-25(29-15-22)31-10-7-20(8-11-31)9-12-34/h3-6,13,15,18-20,34H,7-12,16-17H2,1-2H3,(H,30,35)/t18-,19+/m0/s1. The van der Waals surface area contributed by atoms with E-state index in [1.54, 1.807) is 12.3 Å². The molecule has 2 N–H and O–H groups in total. The lowest BCUT2D eigenvalue weighted by Crippen LogP contribution is -2.59. The number of aromatic nitrogens is 1. The molecule has 2 fully saturated rings. The van der Waals surface area contributed by atoms with Gasteiger partial charge in [-0.2, -0.15) is 5.26 Å². The largest absolute Gasteiger partial charge is 0.396 e. The first-order valence-electron chi connectivity index (χ1n) is 12.3. The van der Waals surface area contributed by atoms with Crippen LogP contribution < -0.4 is 15.1 Å². The number of aliphatic hydroxyl groups excluding tert-OH is 1. The summed E-state index contributed by atoms with van der Waals surface area (Å²) < 4.78 is 0. The number of urea groups is 1. The Bertz CT molecular complexity index is 1060. The van der Waals surface area contributed by atoms with E-state index in [1.165, 1.54) is 0 Å². The Kier molecular flexibility index (Phi) is 7.99. The lowest BCUT2D eigenvalue weighted by atomic mass is 9.94. The molecule has 0 saturated carbocycles. The van der Waals surface area contributed by atoms with Crippen LogP contribution in [0, 0.1) is 17.2 Å². The minimum absolute atomic E-state index is 0.00642. The predicted molar refractivity (Wildman–Crippen MR) is 139 cm³/mol. The summed E-state index contributed by atoms with van der Waals surface area (Å²) in [5.74, 6) is 1.51. The molecule has 2 atom stereocenters. The third kappa shape index (κ3) is 5.80. The van der Waals surface area contributed by atoms with E-state index < -0.39 is 0 Å². The molecule has 2 saturated heterocycles. The van der Waals surface area contributed by atoms with E-state index in [9.17, 15) is 4.79 Å². The third-order valence-electron chi connectivity index (χ3n) is 7.13. The fraction of sp³-hybridized carbons (Fsp3) is 0.500. The zero-order valence-electron chi connectivity index (χ0n) is 20.3. The molecule has 0 unspecified atom stereocenters. The van der Waals surface area contributed by atoms with Gasteiger partial charge in [0.2, 0.25) is 0 Å². The van der Waals surface area contributed by atoms with Crippen molar-refractivity contribution in [2.45, 2.75) is 45.2 Å². The number of hydrogen-bond donors (Lipinski definition) is 2. The van der Waals surface area contributed by atoms with Gasteiger partial charge in [-0.25, -0.2) is 9.78 Å². The second kappa shape index (κ2) is 11.1. The van der Waals surface area contributed by atoms with E-state index in [-0.39, 0.29) is 24.7 Å². The number of nitriles is 1. The number of aliphatic hydroxyl groups is 1. The van der Waals surface area contributed by atoms with Crippen molar-refractivity contribution in [2.24, 2.45) is 5.92 Å². The van der Waals surface area contributed by atoms with Crippen molar-refractivity contribution >= 4 is 34.8 Å². The first-order valence-corrected chi connectivity index (χ1v) is 12.6. The van der Waals surface area contributed by atoms with Crippen molar-refractivity contribution in [1.29, 1.82) is 5.26 Å². The van der Waals surface area contributed by atoms with E-state index in [0.29, 0.717) is 35.3 Å². The van der Waals surface area contributed by atoms with Gasteiger partial charge in [0, 0.05) is 50.6 Å². The SMILES string of the molecule is C[C@@H]1CN(c2ccc(C#N)c(Cl)c2)[C@@H](C)CN1C(=O)Nc1ccc(N2CCC(CCO)CC2)nc1.